The molecule has 1 aliphatic carbocycles. The third kappa shape index (κ3) is 7.54. The molecule has 0 radical (unpaired) electrons. The second-order valence-corrected chi connectivity index (χ2v) is 11.4. The number of halogens is 1. The number of nitrogens with zero attached hydrogens (tertiary/aromatic N) is 1. The van der Waals surface area contributed by atoms with Crippen molar-refractivity contribution in [3.05, 3.63) is 64.2 Å². The van der Waals surface area contributed by atoms with E-state index >= 15 is 0 Å². The Morgan fingerprint density at radius 2 is 1.82 bits per heavy atom. The summed E-state index contributed by atoms with van der Waals surface area (Å²) in [7, 11) is 0. The van der Waals surface area contributed by atoms with E-state index in [1.54, 1.807) is 62.1 Å². The first-order valence-corrected chi connectivity index (χ1v) is 13.7. The fraction of sp³-hybridized carbons (Fsp3) is 0.452. The number of carbonyl (C=O) groups is 3. The van der Waals surface area contributed by atoms with Crippen LogP contribution in [0.25, 0.3) is 0 Å². The van der Waals surface area contributed by atoms with Gasteiger partial charge in [-0.3, -0.25) is 9.59 Å². The van der Waals surface area contributed by atoms with E-state index in [4.69, 9.17) is 22.8 Å². The van der Waals surface area contributed by atoms with Crippen LogP contribution in [0.15, 0.2) is 42.5 Å². The molecular formula is C31H38ClN3O4. The molecule has 1 aliphatic rings. The number of alkyl carbamates (subject to hydrolysis) is 1. The Balaban J connectivity index is 2.08. The molecule has 1 fully saturated rings. The summed E-state index contributed by atoms with van der Waals surface area (Å²) >= 11 is 6.43. The Labute approximate surface area is 236 Å². The van der Waals surface area contributed by atoms with Gasteiger partial charge < -0.3 is 20.3 Å². The standard InChI is InChI=1S/C31H38ClN3O4/c1-8-19(3)26(34-30(38)39-31(5,6)7)29(37)35(22-17-18-22)27(23-15-11-10-14-21(23)9-2)28(36)33-25-20(4)13-12-16-24(25)32/h2,10-16,19,22,26-27H,8,17-18H2,1,3-7H3,(H,33,36)(H,34,38). The lowest BCUT2D eigenvalue weighted by atomic mass is 9.94. The van der Waals surface area contributed by atoms with Gasteiger partial charge in [-0.1, -0.05) is 68.1 Å². The quantitative estimate of drug-likeness (QED) is 0.361. The van der Waals surface area contributed by atoms with E-state index in [-0.39, 0.29) is 17.9 Å². The number of para-hydroxylation sites is 1. The van der Waals surface area contributed by atoms with Gasteiger partial charge in [0.15, 0.2) is 0 Å². The van der Waals surface area contributed by atoms with E-state index in [9.17, 15) is 14.4 Å². The third-order valence-corrected chi connectivity index (χ3v) is 7.07. The summed E-state index contributed by atoms with van der Waals surface area (Å²) in [5, 5.41) is 6.13. The highest BCUT2D eigenvalue weighted by Crippen LogP contribution is 2.38. The molecule has 0 spiro atoms. The molecule has 0 aromatic heterocycles. The van der Waals surface area contributed by atoms with Crippen LogP contribution in [0.3, 0.4) is 0 Å². The zero-order valence-electron chi connectivity index (χ0n) is 23.5. The van der Waals surface area contributed by atoms with E-state index < -0.39 is 29.7 Å². The SMILES string of the molecule is C#Cc1ccccc1C(C(=O)Nc1c(C)cccc1Cl)N(C(=O)C(NC(=O)OC(C)(C)C)C(C)CC)C1CC1. The third-order valence-electron chi connectivity index (χ3n) is 6.75. The van der Waals surface area contributed by atoms with Crippen molar-refractivity contribution in [2.45, 2.75) is 84.5 Å². The Bertz CT molecular complexity index is 1240. The molecule has 3 rings (SSSR count). The lowest BCUT2D eigenvalue weighted by Crippen LogP contribution is -2.55. The molecule has 0 aliphatic heterocycles. The maximum absolute atomic E-state index is 14.3. The highest BCUT2D eigenvalue weighted by molar-refractivity contribution is 6.34. The molecule has 7 nitrogen and oxygen atoms in total. The summed E-state index contributed by atoms with van der Waals surface area (Å²) in [6.07, 6.45) is 7.24. The molecule has 1 saturated carbocycles. The number of hydrogen-bond acceptors (Lipinski definition) is 4. The number of nitrogens with one attached hydrogen (secondary N) is 2. The van der Waals surface area contributed by atoms with Gasteiger partial charge in [0.25, 0.3) is 5.91 Å². The number of carbonyl (C=O) groups excluding carboxylic acids is 3. The molecule has 0 heterocycles. The Kier molecular flexibility index (Phi) is 9.68. The average molecular weight is 552 g/mol. The van der Waals surface area contributed by atoms with E-state index in [1.807, 2.05) is 26.8 Å². The molecule has 2 N–H and O–H groups in total. The minimum absolute atomic E-state index is 0.182. The first kappa shape index (κ1) is 30.0. The second kappa shape index (κ2) is 12.6. The number of amides is 3. The van der Waals surface area contributed by atoms with Crippen molar-refractivity contribution in [2.24, 2.45) is 5.92 Å². The summed E-state index contributed by atoms with van der Waals surface area (Å²) in [6, 6.07) is 10.3. The van der Waals surface area contributed by atoms with Crippen molar-refractivity contribution < 1.29 is 19.1 Å². The normalized spacial score (nSPS) is 15.3. The average Bonchev–Trinajstić information content (AvgIpc) is 3.71. The van der Waals surface area contributed by atoms with Crippen LogP contribution in [0.4, 0.5) is 10.5 Å². The Hall–Kier alpha value is -3.50. The van der Waals surface area contributed by atoms with Crippen molar-refractivity contribution in [2.75, 3.05) is 5.32 Å². The fourth-order valence-electron chi connectivity index (χ4n) is 4.42. The lowest BCUT2D eigenvalue weighted by molar-refractivity contribution is -0.142. The minimum atomic E-state index is -1.04. The van der Waals surface area contributed by atoms with Crippen molar-refractivity contribution in [1.82, 2.24) is 10.2 Å². The minimum Gasteiger partial charge on any atom is -0.444 e. The van der Waals surface area contributed by atoms with Crippen LogP contribution in [0, 0.1) is 25.2 Å². The van der Waals surface area contributed by atoms with Crippen molar-refractivity contribution in [3.8, 4) is 12.3 Å². The zero-order valence-corrected chi connectivity index (χ0v) is 24.3. The van der Waals surface area contributed by atoms with Gasteiger partial charge in [0.05, 0.1) is 10.7 Å². The number of benzene rings is 2. The van der Waals surface area contributed by atoms with Gasteiger partial charge in [-0.25, -0.2) is 4.79 Å². The highest BCUT2D eigenvalue weighted by atomic mass is 35.5. The van der Waals surface area contributed by atoms with Crippen LogP contribution in [0.2, 0.25) is 5.02 Å². The van der Waals surface area contributed by atoms with Gasteiger partial charge in [-0.15, -0.1) is 6.42 Å². The summed E-state index contributed by atoms with van der Waals surface area (Å²) in [4.78, 5) is 42.8. The van der Waals surface area contributed by atoms with E-state index in [0.717, 1.165) is 18.4 Å². The number of ether oxygens (including phenoxy) is 1. The Morgan fingerprint density at radius 3 is 2.38 bits per heavy atom. The molecular weight excluding hydrogens is 514 g/mol. The second-order valence-electron chi connectivity index (χ2n) is 11.0. The van der Waals surface area contributed by atoms with E-state index in [2.05, 4.69) is 16.6 Å². The summed E-state index contributed by atoms with van der Waals surface area (Å²) in [5.41, 5.74) is 1.56. The summed E-state index contributed by atoms with van der Waals surface area (Å²) in [6.45, 7) is 11.0. The van der Waals surface area contributed by atoms with Gasteiger partial charge in [0, 0.05) is 11.6 Å². The number of aryl methyl sites for hydroxylation is 1. The molecule has 39 heavy (non-hydrogen) atoms. The topological polar surface area (TPSA) is 87.7 Å². The smallest absolute Gasteiger partial charge is 0.408 e. The lowest BCUT2D eigenvalue weighted by Gasteiger charge is -2.36. The predicted octanol–water partition coefficient (Wildman–Crippen LogP) is 6.24. The number of terminal acetylenes is 1. The molecule has 3 amide bonds. The van der Waals surface area contributed by atoms with Gasteiger partial charge in [0.2, 0.25) is 5.91 Å². The number of anilines is 1. The van der Waals surface area contributed by atoms with Crippen molar-refractivity contribution >= 4 is 35.2 Å². The van der Waals surface area contributed by atoms with E-state index in [0.29, 0.717) is 28.3 Å². The van der Waals surface area contributed by atoms with Crippen molar-refractivity contribution in [1.29, 1.82) is 0 Å². The monoisotopic (exact) mass is 551 g/mol. The van der Waals surface area contributed by atoms with Gasteiger partial charge in [-0.2, -0.15) is 0 Å². The van der Waals surface area contributed by atoms with Crippen LogP contribution < -0.4 is 10.6 Å². The summed E-state index contributed by atoms with van der Waals surface area (Å²) in [5.74, 6) is 1.64. The van der Waals surface area contributed by atoms with Crippen LogP contribution in [0.1, 0.15) is 76.6 Å². The molecule has 0 saturated heterocycles. The zero-order chi connectivity index (χ0) is 28.9. The number of hydrogen-bond donors (Lipinski definition) is 2. The van der Waals surface area contributed by atoms with E-state index in [1.165, 1.54) is 0 Å². The molecule has 2 aromatic rings. The number of rotatable bonds is 9. The summed E-state index contributed by atoms with van der Waals surface area (Å²) < 4.78 is 5.46. The maximum atomic E-state index is 14.3. The van der Waals surface area contributed by atoms with Crippen LogP contribution in [0.5, 0.6) is 0 Å². The first-order valence-electron chi connectivity index (χ1n) is 13.3. The Morgan fingerprint density at radius 1 is 1.15 bits per heavy atom. The molecule has 208 valence electrons. The first-order chi connectivity index (χ1) is 18.4. The molecule has 3 unspecified atom stereocenters. The maximum Gasteiger partial charge on any atom is 0.408 e. The molecule has 3 atom stereocenters. The van der Waals surface area contributed by atoms with Gasteiger partial charge in [0.1, 0.15) is 17.7 Å². The predicted molar refractivity (Wildman–Crippen MR) is 154 cm³/mol. The highest BCUT2D eigenvalue weighted by Gasteiger charge is 2.45. The molecule has 8 heteroatoms. The van der Waals surface area contributed by atoms with Gasteiger partial charge in [-0.05, 0) is 69.7 Å². The molecule has 0 bridgehead atoms. The molecule has 2 aromatic carbocycles. The van der Waals surface area contributed by atoms with Gasteiger partial charge >= 0.3 is 6.09 Å². The van der Waals surface area contributed by atoms with Crippen LogP contribution in [-0.2, 0) is 14.3 Å². The fourth-order valence-corrected chi connectivity index (χ4v) is 4.68. The van der Waals surface area contributed by atoms with Crippen LogP contribution in [-0.4, -0.2) is 40.5 Å². The largest absolute Gasteiger partial charge is 0.444 e. The van der Waals surface area contributed by atoms with Crippen molar-refractivity contribution in [3.63, 3.8) is 0 Å². The van der Waals surface area contributed by atoms with Crippen LogP contribution >= 0.6 is 11.6 Å².